The lowest BCUT2D eigenvalue weighted by Gasteiger charge is -2.23. The van der Waals surface area contributed by atoms with Crippen LogP contribution in [-0.2, 0) is 22.4 Å². The molecule has 4 nitrogen and oxygen atoms in total. The van der Waals surface area contributed by atoms with Gasteiger partial charge in [0.15, 0.2) is 0 Å². The molecule has 2 N–H and O–H groups in total. The molecule has 1 amide bonds. The zero-order chi connectivity index (χ0) is 13.1. The third kappa shape index (κ3) is 3.72. The Morgan fingerprint density at radius 1 is 1.35 bits per heavy atom. The van der Waals surface area contributed by atoms with Crippen LogP contribution in [0.1, 0.15) is 24.0 Å². The van der Waals surface area contributed by atoms with Crippen LogP contribution in [0.5, 0.6) is 0 Å². The molecule has 2 aliphatic rings. The van der Waals surface area contributed by atoms with Crippen molar-refractivity contribution in [3.63, 3.8) is 0 Å². The van der Waals surface area contributed by atoms with E-state index in [1.807, 2.05) is 6.07 Å². The lowest BCUT2D eigenvalue weighted by molar-refractivity contribution is -0.119. The molecule has 1 saturated heterocycles. The van der Waals surface area contributed by atoms with Crippen LogP contribution < -0.4 is 10.6 Å². The molecule has 1 heterocycles. The van der Waals surface area contributed by atoms with Crippen molar-refractivity contribution in [2.24, 2.45) is 0 Å². The summed E-state index contributed by atoms with van der Waals surface area (Å²) < 4.78 is 5.54. The van der Waals surface area contributed by atoms with Gasteiger partial charge in [-0.25, -0.2) is 0 Å². The molecule has 1 fully saturated rings. The molecule has 110 valence electrons. The standard InChI is InChI=1S/C15H20N2O2.ClH/c18-15(9-14-10-16-6-7-19-14)17-13-5-4-11-2-1-3-12(11)8-13;/h4-5,8,14,16H,1-3,6-7,9-10H2,(H,17,18);1H. The number of benzene rings is 1. The predicted molar refractivity (Wildman–Crippen MR) is 81.6 cm³/mol. The van der Waals surface area contributed by atoms with E-state index in [0.29, 0.717) is 13.0 Å². The zero-order valence-electron chi connectivity index (χ0n) is 11.5. The molecular formula is C15H21ClN2O2. The van der Waals surface area contributed by atoms with Crippen molar-refractivity contribution >= 4 is 24.0 Å². The van der Waals surface area contributed by atoms with Gasteiger partial charge in [-0.15, -0.1) is 12.4 Å². The Kier molecular flexibility index (Phi) is 5.40. The van der Waals surface area contributed by atoms with Crippen LogP contribution in [0.3, 0.4) is 0 Å². The van der Waals surface area contributed by atoms with Crippen LogP contribution in [0, 0.1) is 0 Å². The van der Waals surface area contributed by atoms with Gasteiger partial charge in [-0.2, -0.15) is 0 Å². The van der Waals surface area contributed by atoms with Gasteiger partial charge < -0.3 is 15.4 Å². The minimum Gasteiger partial charge on any atom is -0.375 e. The summed E-state index contributed by atoms with van der Waals surface area (Å²) in [5.74, 6) is 0.0339. The van der Waals surface area contributed by atoms with Gasteiger partial charge >= 0.3 is 0 Å². The van der Waals surface area contributed by atoms with E-state index >= 15 is 0 Å². The smallest absolute Gasteiger partial charge is 0.227 e. The molecule has 0 spiro atoms. The highest BCUT2D eigenvalue weighted by Gasteiger charge is 2.18. The highest BCUT2D eigenvalue weighted by atomic mass is 35.5. The van der Waals surface area contributed by atoms with Crippen LogP contribution in [0.4, 0.5) is 5.69 Å². The van der Waals surface area contributed by atoms with Gasteiger partial charge in [-0.3, -0.25) is 4.79 Å². The quantitative estimate of drug-likeness (QED) is 0.896. The summed E-state index contributed by atoms with van der Waals surface area (Å²) >= 11 is 0. The SMILES string of the molecule is Cl.O=C(CC1CNCCO1)Nc1ccc2c(c1)CCC2. The van der Waals surface area contributed by atoms with Crippen molar-refractivity contribution in [2.45, 2.75) is 31.8 Å². The van der Waals surface area contributed by atoms with Crippen molar-refractivity contribution in [1.82, 2.24) is 5.32 Å². The number of hydrogen-bond acceptors (Lipinski definition) is 3. The number of anilines is 1. The van der Waals surface area contributed by atoms with Crippen molar-refractivity contribution < 1.29 is 9.53 Å². The maximum absolute atomic E-state index is 12.0. The molecule has 1 atom stereocenters. The molecule has 0 aromatic heterocycles. The van der Waals surface area contributed by atoms with E-state index in [1.54, 1.807) is 0 Å². The topological polar surface area (TPSA) is 50.4 Å². The monoisotopic (exact) mass is 296 g/mol. The normalized spacial score (nSPS) is 20.9. The minimum atomic E-state index is 0. The molecule has 0 saturated carbocycles. The molecule has 3 rings (SSSR count). The van der Waals surface area contributed by atoms with Gasteiger partial charge in [-0.1, -0.05) is 6.07 Å². The summed E-state index contributed by atoms with van der Waals surface area (Å²) in [4.78, 5) is 12.0. The zero-order valence-corrected chi connectivity index (χ0v) is 12.3. The van der Waals surface area contributed by atoms with Crippen molar-refractivity contribution in [2.75, 3.05) is 25.0 Å². The first-order valence-electron chi connectivity index (χ1n) is 7.05. The average Bonchev–Trinajstić information content (AvgIpc) is 2.87. The average molecular weight is 297 g/mol. The molecule has 1 aliphatic heterocycles. The van der Waals surface area contributed by atoms with E-state index in [1.165, 1.54) is 24.0 Å². The predicted octanol–water partition coefficient (Wildman–Crippen LogP) is 1.91. The largest absolute Gasteiger partial charge is 0.375 e. The maximum atomic E-state index is 12.0. The highest BCUT2D eigenvalue weighted by Crippen LogP contribution is 2.25. The lowest BCUT2D eigenvalue weighted by Crippen LogP contribution is -2.40. The second-order valence-corrected chi connectivity index (χ2v) is 5.29. The first kappa shape index (κ1) is 15.3. The van der Waals surface area contributed by atoms with Gasteiger partial charge in [0.1, 0.15) is 0 Å². The molecule has 0 bridgehead atoms. The Morgan fingerprint density at radius 3 is 3.00 bits per heavy atom. The van der Waals surface area contributed by atoms with E-state index in [9.17, 15) is 4.79 Å². The number of aryl methyl sites for hydroxylation is 2. The van der Waals surface area contributed by atoms with Gasteiger partial charge in [0.2, 0.25) is 5.91 Å². The molecule has 20 heavy (non-hydrogen) atoms. The minimum absolute atomic E-state index is 0. The third-order valence-corrected chi connectivity index (χ3v) is 3.80. The number of halogens is 1. The molecule has 1 aliphatic carbocycles. The van der Waals surface area contributed by atoms with E-state index in [4.69, 9.17) is 4.74 Å². The van der Waals surface area contributed by atoms with Gasteiger partial charge in [0, 0.05) is 18.8 Å². The van der Waals surface area contributed by atoms with E-state index in [2.05, 4.69) is 22.8 Å². The Morgan fingerprint density at radius 2 is 2.20 bits per heavy atom. The lowest BCUT2D eigenvalue weighted by atomic mass is 10.1. The highest BCUT2D eigenvalue weighted by molar-refractivity contribution is 5.91. The number of morpholine rings is 1. The van der Waals surface area contributed by atoms with Crippen LogP contribution in [0.15, 0.2) is 18.2 Å². The molecule has 1 unspecified atom stereocenters. The first-order valence-corrected chi connectivity index (χ1v) is 7.05. The van der Waals surface area contributed by atoms with Gasteiger partial charge in [0.05, 0.1) is 19.1 Å². The summed E-state index contributed by atoms with van der Waals surface area (Å²) in [6.07, 6.45) is 3.96. The summed E-state index contributed by atoms with van der Waals surface area (Å²) in [5, 5.41) is 6.21. The summed E-state index contributed by atoms with van der Waals surface area (Å²) in [7, 11) is 0. The fourth-order valence-electron chi connectivity index (χ4n) is 2.82. The molecule has 1 aromatic rings. The fourth-order valence-corrected chi connectivity index (χ4v) is 2.82. The number of fused-ring (bicyclic) bond motifs is 1. The number of hydrogen-bond donors (Lipinski definition) is 2. The summed E-state index contributed by atoms with van der Waals surface area (Å²) in [5.41, 5.74) is 3.72. The van der Waals surface area contributed by atoms with Crippen LogP contribution >= 0.6 is 12.4 Å². The second kappa shape index (κ2) is 7.07. The van der Waals surface area contributed by atoms with Crippen molar-refractivity contribution in [1.29, 1.82) is 0 Å². The van der Waals surface area contributed by atoms with Crippen LogP contribution in [-0.4, -0.2) is 31.7 Å². The van der Waals surface area contributed by atoms with Gasteiger partial charge in [0.25, 0.3) is 0 Å². The molecule has 0 radical (unpaired) electrons. The first-order chi connectivity index (χ1) is 9.31. The Labute approximate surface area is 125 Å². The van der Waals surface area contributed by atoms with Gasteiger partial charge in [-0.05, 0) is 42.5 Å². The van der Waals surface area contributed by atoms with E-state index in [0.717, 1.165) is 25.2 Å². The fraction of sp³-hybridized carbons (Fsp3) is 0.533. The summed E-state index contributed by atoms with van der Waals surface area (Å²) in [6, 6.07) is 6.25. The molecule has 5 heteroatoms. The van der Waals surface area contributed by atoms with Crippen molar-refractivity contribution in [3.8, 4) is 0 Å². The Hall–Kier alpha value is -1.10. The van der Waals surface area contributed by atoms with Crippen LogP contribution in [0.2, 0.25) is 0 Å². The number of amides is 1. The summed E-state index contributed by atoms with van der Waals surface area (Å²) in [6.45, 7) is 2.33. The molecule has 1 aromatic carbocycles. The number of carbonyl (C=O) groups is 1. The maximum Gasteiger partial charge on any atom is 0.227 e. The van der Waals surface area contributed by atoms with E-state index < -0.39 is 0 Å². The number of carbonyl (C=O) groups excluding carboxylic acids is 1. The Bertz CT molecular complexity index is 473. The van der Waals surface area contributed by atoms with Crippen molar-refractivity contribution in [3.05, 3.63) is 29.3 Å². The number of rotatable bonds is 3. The molecular weight excluding hydrogens is 276 g/mol. The number of nitrogens with one attached hydrogen (secondary N) is 2. The van der Waals surface area contributed by atoms with Crippen LogP contribution in [0.25, 0.3) is 0 Å². The number of ether oxygens (including phenoxy) is 1. The second-order valence-electron chi connectivity index (χ2n) is 5.29. The van der Waals surface area contributed by atoms with E-state index in [-0.39, 0.29) is 24.4 Å². The Balaban J connectivity index is 0.00000147. The third-order valence-electron chi connectivity index (χ3n) is 3.80.